The predicted molar refractivity (Wildman–Crippen MR) is 90.6 cm³/mol. The number of carbonyl (C=O) groups is 2. The third-order valence-electron chi connectivity index (χ3n) is 6.75. The minimum atomic E-state index is -0.251. The largest absolute Gasteiger partial charge is 0.299 e. The van der Waals surface area contributed by atoms with E-state index in [0.29, 0.717) is 29.3 Å². The number of Topliss-reactive ketones (excluding diaryl/α,β-unsaturated/α-hetero) is 2. The van der Waals surface area contributed by atoms with Crippen molar-refractivity contribution in [3.63, 3.8) is 0 Å². The Labute approximate surface area is 136 Å². The Kier molecular flexibility index (Phi) is 6.23. The highest BCUT2D eigenvalue weighted by Gasteiger charge is 2.49. The number of rotatable bonds is 6. The van der Waals surface area contributed by atoms with Gasteiger partial charge >= 0.3 is 0 Å². The summed E-state index contributed by atoms with van der Waals surface area (Å²) in [5, 5.41) is 0. The number of carbonyl (C=O) groups excluding carboxylic acids is 2. The predicted octanol–water partition coefficient (Wildman–Crippen LogP) is 5.05. The molecule has 2 rings (SSSR count). The lowest BCUT2D eigenvalue weighted by molar-refractivity contribution is -0.148. The maximum Gasteiger partial charge on any atom is 0.146 e. The summed E-state index contributed by atoms with van der Waals surface area (Å²) < 4.78 is 0. The van der Waals surface area contributed by atoms with E-state index in [4.69, 9.17) is 0 Å². The third-order valence-corrected chi connectivity index (χ3v) is 6.75. The van der Waals surface area contributed by atoms with Gasteiger partial charge in [-0.2, -0.15) is 0 Å². The average Bonchev–Trinajstić information content (AvgIpc) is 2.53. The summed E-state index contributed by atoms with van der Waals surface area (Å²) in [6.45, 7) is 8.74. The Morgan fingerprint density at radius 3 is 1.41 bits per heavy atom. The van der Waals surface area contributed by atoms with Crippen LogP contribution in [0.15, 0.2) is 0 Å². The first-order chi connectivity index (χ1) is 10.6. The van der Waals surface area contributed by atoms with E-state index in [1.165, 1.54) is 0 Å². The van der Waals surface area contributed by atoms with Crippen molar-refractivity contribution in [2.75, 3.05) is 0 Å². The molecule has 0 aliphatic heterocycles. The van der Waals surface area contributed by atoms with Crippen LogP contribution in [0, 0.1) is 35.5 Å². The second-order valence-electron chi connectivity index (χ2n) is 7.56. The second kappa shape index (κ2) is 7.75. The Bertz CT molecular complexity index is 357. The molecule has 2 aliphatic carbocycles. The van der Waals surface area contributed by atoms with E-state index >= 15 is 0 Å². The number of fused-ring (bicyclic) bond motifs is 1. The fraction of sp³-hybridized carbons (Fsp3) is 0.900. The van der Waals surface area contributed by atoms with Gasteiger partial charge in [0, 0.05) is 11.8 Å². The highest BCUT2D eigenvalue weighted by atomic mass is 16.2. The molecule has 0 bridgehead atoms. The van der Waals surface area contributed by atoms with Gasteiger partial charge in [0.25, 0.3) is 0 Å². The summed E-state index contributed by atoms with van der Waals surface area (Å²) in [5.74, 6) is 2.00. The third kappa shape index (κ3) is 3.16. The monoisotopic (exact) mass is 306 g/mol. The van der Waals surface area contributed by atoms with Crippen LogP contribution in [0.25, 0.3) is 0 Å². The topological polar surface area (TPSA) is 34.1 Å². The standard InChI is InChI=1S/C20H34O2/c1-5-13(6-2)16-11-9-15-10-12-17(14(7-3)8-4)20(22)18(15)19(16)21/h13-18H,5-12H2,1-4H3/t15?,16-,17+,18?. The van der Waals surface area contributed by atoms with Crippen LogP contribution in [-0.2, 0) is 9.59 Å². The summed E-state index contributed by atoms with van der Waals surface area (Å²) >= 11 is 0. The maximum atomic E-state index is 13.1. The lowest BCUT2D eigenvalue weighted by Crippen LogP contribution is -2.48. The van der Waals surface area contributed by atoms with Crippen molar-refractivity contribution in [1.29, 1.82) is 0 Å². The van der Waals surface area contributed by atoms with Crippen molar-refractivity contribution in [3.05, 3.63) is 0 Å². The molecule has 0 aromatic heterocycles. The van der Waals surface area contributed by atoms with E-state index in [2.05, 4.69) is 27.7 Å². The van der Waals surface area contributed by atoms with Crippen LogP contribution < -0.4 is 0 Å². The number of ketones is 2. The van der Waals surface area contributed by atoms with Crippen LogP contribution in [0.4, 0.5) is 0 Å². The molecule has 22 heavy (non-hydrogen) atoms. The fourth-order valence-electron chi connectivity index (χ4n) is 5.27. The Morgan fingerprint density at radius 2 is 1.09 bits per heavy atom. The van der Waals surface area contributed by atoms with Crippen LogP contribution in [0.1, 0.15) is 79.1 Å². The van der Waals surface area contributed by atoms with Crippen LogP contribution in [0.2, 0.25) is 0 Å². The van der Waals surface area contributed by atoms with Gasteiger partial charge in [-0.05, 0) is 43.4 Å². The zero-order chi connectivity index (χ0) is 16.3. The molecule has 2 nitrogen and oxygen atoms in total. The molecule has 2 aliphatic rings. The van der Waals surface area contributed by atoms with Gasteiger partial charge in [0.2, 0.25) is 0 Å². The molecule has 4 atom stereocenters. The van der Waals surface area contributed by atoms with Crippen LogP contribution in [-0.4, -0.2) is 11.6 Å². The molecule has 0 amide bonds. The number of hydrogen-bond donors (Lipinski definition) is 0. The van der Waals surface area contributed by atoms with Gasteiger partial charge in [-0.3, -0.25) is 9.59 Å². The lowest BCUT2D eigenvalue weighted by atomic mass is 9.59. The number of hydrogen-bond acceptors (Lipinski definition) is 2. The van der Waals surface area contributed by atoms with Gasteiger partial charge in [0.15, 0.2) is 0 Å². The molecule has 2 unspecified atom stereocenters. The Balaban J connectivity index is 2.18. The van der Waals surface area contributed by atoms with Gasteiger partial charge in [0.05, 0.1) is 5.92 Å². The van der Waals surface area contributed by atoms with Gasteiger partial charge in [-0.15, -0.1) is 0 Å². The van der Waals surface area contributed by atoms with Gasteiger partial charge < -0.3 is 0 Å². The molecule has 0 aromatic carbocycles. The first-order valence-electron chi connectivity index (χ1n) is 9.66. The van der Waals surface area contributed by atoms with Crippen molar-refractivity contribution in [1.82, 2.24) is 0 Å². The molecule has 126 valence electrons. The second-order valence-corrected chi connectivity index (χ2v) is 7.56. The summed E-state index contributed by atoms with van der Waals surface area (Å²) in [5.41, 5.74) is 0. The van der Waals surface area contributed by atoms with Crippen molar-refractivity contribution < 1.29 is 9.59 Å². The normalized spacial score (nSPS) is 32.6. The van der Waals surface area contributed by atoms with Crippen LogP contribution in [0.3, 0.4) is 0 Å². The highest BCUT2D eigenvalue weighted by Crippen LogP contribution is 2.46. The van der Waals surface area contributed by atoms with E-state index in [0.717, 1.165) is 51.4 Å². The minimum absolute atomic E-state index is 0.153. The summed E-state index contributed by atoms with van der Waals surface area (Å²) in [7, 11) is 0. The van der Waals surface area contributed by atoms with E-state index in [1.54, 1.807) is 0 Å². The SMILES string of the molecule is CCC(CC)[C@@H]1CCC2CC[C@H](C(CC)CC)C(=O)C2C1=O. The highest BCUT2D eigenvalue weighted by molar-refractivity contribution is 6.05. The maximum absolute atomic E-state index is 13.1. The summed E-state index contributed by atoms with van der Waals surface area (Å²) in [4.78, 5) is 26.1. The molecule has 0 heterocycles. The van der Waals surface area contributed by atoms with E-state index in [-0.39, 0.29) is 17.8 Å². The van der Waals surface area contributed by atoms with E-state index in [1.807, 2.05) is 0 Å². The molecule has 0 N–H and O–H groups in total. The summed E-state index contributed by atoms with van der Waals surface area (Å²) in [6, 6.07) is 0. The van der Waals surface area contributed by atoms with Crippen molar-refractivity contribution in [2.45, 2.75) is 79.1 Å². The van der Waals surface area contributed by atoms with Crippen molar-refractivity contribution in [3.8, 4) is 0 Å². The Morgan fingerprint density at radius 1 is 0.727 bits per heavy atom. The van der Waals surface area contributed by atoms with Crippen molar-refractivity contribution in [2.24, 2.45) is 35.5 Å². The molecular weight excluding hydrogens is 272 g/mol. The first kappa shape index (κ1) is 17.7. The van der Waals surface area contributed by atoms with E-state index in [9.17, 15) is 9.59 Å². The molecule has 0 aromatic rings. The zero-order valence-corrected chi connectivity index (χ0v) is 14.9. The molecular formula is C20H34O2. The molecule has 2 saturated carbocycles. The molecule has 2 fully saturated rings. The van der Waals surface area contributed by atoms with Gasteiger partial charge in [-0.25, -0.2) is 0 Å². The van der Waals surface area contributed by atoms with Crippen LogP contribution >= 0.6 is 0 Å². The van der Waals surface area contributed by atoms with Crippen molar-refractivity contribution >= 4 is 11.6 Å². The minimum Gasteiger partial charge on any atom is -0.299 e. The molecule has 2 heteroatoms. The fourth-order valence-corrected chi connectivity index (χ4v) is 5.27. The zero-order valence-electron chi connectivity index (χ0n) is 14.9. The quantitative estimate of drug-likeness (QED) is 0.643. The first-order valence-corrected chi connectivity index (χ1v) is 9.66. The van der Waals surface area contributed by atoms with Gasteiger partial charge in [0.1, 0.15) is 11.6 Å². The van der Waals surface area contributed by atoms with Crippen LogP contribution in [0.5, 0.6) is 0 Å². The molecule has 0 radical (unpaired) electrons. The summed E-state index contributed by atoms with van der Waals surface area (Å²) in [6.07, 6.45) is 8.49. The van der Waals surface area contributed by atoms with Gasteiger partial charge in [-0.1, -0.05) is 53.4 Å². The lowest BCUT2D eigenvalue weighted by Gasteiger charge is -2.43. The Hall–Kier alpha value is -0.660. The van der Waals surface area contributed by atoms with E-state index < -0.39 is 0 Å². The molecule has 0 spiro atoms. The smallest absolute Gasteiger partial charge is 0.146 e. The molecule has 0 saturated heterocycles. The average molecular weight is 306 g/mol.